The van der Waals surface area contributed by atoms with E-state index in [2.05, 4.69) is 5.32 Å². The third kappa shape index (κ3) is 6.55. The lowest BCUT2D eigenvalue weighted by molar-refractivity contribution is -0.138. The van der Waals surface area contributed by atoms with E-state index in [0.717, 1.165) is 21.7 Å². The van der Waals surface area contributed by atoms with Gasteiger partial charge in [-0.25, -0.2) is 8.42 Å². The SMILES string of the molecule is CCc1ccccc1N(CC(=O)N(CCc1ccccc1)[C@H](C)C(=O)NC)S(C)(=O)=O. The summed E-state index contributed by atoms with van der Waals surface area (Å²) in [5.41, 5.74) is 2.34. The molecule has 0 aliphatic rings. The van der Waals surface area contributed by atoms with Gasteiger partial charge in [-0.15, -0.1) is 0 Å². The second-order valence-electron chi connectivity index (χ2n) is 7.36. The third-order valence-electron chi connectivity index (χ3n) is 5.22. The van der Waals surface area contributed by atoms with Crippen molar-refractivity contribution in [1.82, 2.24) is 10.2 Å². The first-order chi connectivity index (χ1) is 14.7. The summed E-state index contributed by atoms with van der Waals surface area (Å²) in [6.07, 6.45) is 2.27. The number of amides is 2. The zero-order chi connectivity index (χ0) is 23.0. The van der Waals surface area contributed by atoms with Crippen molar-refractivity contribution in [2.75, 3.05) is 30.7 Å². The summed E-state index contributed by atoms with van der Waals surface area (Å²) in [4.78, 5) is 27.0. The van der Waals surface area contributed by atoms with Gasteiger partial charge in [-0.2, -0.15) is 0 Å². The first-order valence-corrected chi connectivity index (χ1v) is 12.1. The summed E-state index contributed by atoms with van der Waals surface area (Å²) in [6, 6.07) is 16.0. The van der Waals surface area contributed by atoms with Crippen LogP contribution >= 0.6 is 0 Å². The van der Waals surface area contributed by atoms with Gasteiger partial charge in [-0.05, 0) is 37.0 Å². The molecule has 0 bridgehead atoms. The van der Waals surface area contributed by atoms with Crippen LogP contribution in [0.4, 0.5) is 5.69 Å². The van der Waals surface area contributed by atoms with Gasteiger partial charge in [-0.1, -0.05) is 55.5 Å². The van der Waals surface area contributed by atoms with Gasteiger partial charge in [0.25, 0.3) is 0 Å². The first kappa shape index (κ1) is 24.4. The highest BCUT2D eigenvalue weighted by molar-refractivity contribution is 7.92. The van der Waals surface area contributed by atoms with E-state index in [1.54, 1.807) is 19.1 Å². The predicted octanol–water partition coefficient (Wildman–Crippen LogP) is 2.22. The number of nitrogens with one attached hydrogen (secondary N) is 1. The molecule has 0 aliphatic heterocycles. The summed E-state index contributed by atoms with van der Waals surface area (Å²) >= 11 is 0. The molecule has 0 radical (unpaired) electrons. The minimum Gasteiger partial charge on any atom is -0.357 e. The van der Waals surface area contributed by atoms with E-state index in [1.165, 1.54) is 11.9 Å². The van der Waals surface area contributed by atoms with Gasteiger partial charge in [-0.3, -0.25) is 13.9 Å². The van der Waals surface area contributed by atoms with Crippen LogP contribution in [0.2, 0.25) is 0 Å². The van der Waals surface area contributed by atoms with Crippen LogP contribution in [0.3, 0.4) is 0 Å². The minimum absolute atomic E-state index is 0.296. The van der Waals surface area contributed by atoms with Crippen molar-refractivity contribution in [1.29, 1.82) is 0 Å². The minimum atomic E-state index is -3.71. The van der Waals surface area contributed by atoms with Gasteiger partial charge < -0.3 is 10.2 Å². The fraction of sp³-hybridized carbons (Fsp3) is 0.391. The zero-order valence-electron chi connectivity index (χ0n) is 18.5. The fourth-order valence-electron chi connectivity index (χ4n) is 3.43. The molecule has 7 nitrogen and oxygen atoms in total. The lowest BCUT2D eigenvalue weighted by atomic mass is 10.1. The van der Waals surface area contributed by atoms with E-state index in [4.69, 9.17) is 0 Å². The number of para-hydroxylation sites is 1. The lowest BCUT2D eigenvalue weighted by Gasteiger charge is -2.31. The van der Waals surface area contributed by atoms with Gasteiger partial charge in [0.05, 0.1) is 11.9 Å². The molecule has 168 valence electrons. The number of carbonyl (C=O) groups is 2. The third-order valence-corrected chi connectivity index (χ3v) is 6.34. The van der Waals surface area contributed by atoms with Gasteiger partial charge in [0.2, 0.25) is 21.8 Å². The van der Waals surface area contributed by atoms with Crippen LogP contribution in [-0.2, 0) is 32.5 Å². The number of carbonyl (C=O) groups excluding carboxylic acids is 2. The van der Waals surface area contributed by atoms with Crippen LogP contribution in [0.25, 0.3) is 0 Å². The summed E-state index contributed by atoms with van der Waals surface area (Å²) in [5, 5.41) is 2.57. The van der Waals surface area contributed by atoms with Crippen LogP contribution in [0, 0.1) is 0 Å². The average Bonchev–Trinajstić information content (AvgIpc) is 2.76. The van der Waals surface area contributed by atoms with Crippen molar-refractivity contribution in [3.63, 3.8) is 0 Å². The summed E-state index contributed by atoms with van der Waals surface area (Å²) < 4.78 is 26.3. The number of anilines is 1. The van der Waals surface area contributed by atoms with Crippen molar-refractivity contribution in [2.45, 2.75) is 32.7 Å². The van der Waals surface area contributed by atoms with Crippen LogP contribution < -0.4 is 9.62 Å². The Morgan fingerprint density at radius 2 is 1.65 bits per heavy atom. The normalized spacial score (nSPS) is 12.1. The number of hydrogen-bond acceptors (Lipinski definition) is 4. The standard InChI is InChI=1S/C23H31N3O4S/c1-5-20-13-9-10-14-21(20)26(31(4,29)30)17-22(27)25(18(2)23(28)24-3)16-15-19-11-7-6-8-12-19/h6-14,18H,5,15-17H2,1-4H3,(H,24,28)/t18-/m1/s1. The lowest BCUT2D eigenvalue weighted by Crippen LogP contribution is -2.51. The number of aryl methyl sites for hydroxylation is 1. The number of benzene rings is 2. The predicted molar refractivity (Wildman–Crippen MR) is 123 cm³/mol. The molecule has 2 aromatic rings. The highest BCUT2D eigenvalue weighted by Gasteiger charge is 2.29. The molecule has 2 rings (SSSR count). The maximum Gasteiger partial charge on any atom is 0.244 e. The van der Waals surface area contributed by atoms with E-state index in [-0.39, 0.29) is 12.5 Å². The Morgan fingerprint density at radius 3 is 2.23 bits per heavy atom. The Hall–Kier alpha value is -2.87. The average molecular weight is 446 g/mol. The topological polar surface area (TPSA) is 86.8 Å². The van der Waals surface area contributed by atoms with Crippen molar-refractivity contribution < 1.29 is 18.0 Å². The number of sulfonamides is 1. The quantitative estimate of drug-likeness (QED) is 0.608. The van der Waals surface area contributed by atoms with Crippen LogP contribution in [-0.4, -0.2) is 57.6 Å². The molecule has 0 saturated heterocycles. The largest absolute Gasteiger partial charge is 0.357 e. The van der Waals surface area contributed by atoms with Crippen molar-refractivity contribution >= 4 is 27.5 Å². The second kappa shape index (κ2) is 10.9. The van der Waals surface area contributed by atoms with E-state index in [9.17, 15) is 18.0 Å². The summed E-state index contributed by atoms with van der Waals surface area (Å²) in [7, 11) is -2.20. The zero-order valence-corrected chi connectivity index (χ0v) is 19.4. The number of rotatable bonds is 10. The molecule has 1 atom stereocenters. The van der Waals surface area contributed by atoms with Gasteiger partial charge in [0, 0.05) is 13.6 Å². The molecule has 1 N–H and O–H groups in total. The molecule has 0 saturated carbocycles. The van der Waals surface area contributed by atoms with Crippen LogP contribution in [0.15, 0.2) is 54.6 Å². The van der Waals surface area contributed by atoms with Crippen molar-refractivity contribution in [3.8, 4) is 0 Å². The molecule has 0 aliphatic carbocycles. The van der Waals surface area contributed by atoms with E-state index < -0.39 is 22.0 Å². The van der Waals surface area contributed by atoms with Gasteiger partial charge in [0.1, 0.15) is 12.6 Å². The van der Waals surface area contributed by atoms with Crippen LogP contribution in [0.5, 0.6) is 0 Å². The summed E-state index contributed by atoms with van der Waals surface area (Å²) in [6.45, 7) is 3.50. The number of likely N-dealkylation sites (N-methyl/N-ethyl adjacent to an activating group) is 1. The molecule has 0 fully saturated rings. The molecule has 8 heteroatoms. The smallest absolute Gasteiger partial charge is 0.244 e. The first-order valence-electron chi connectivity index (χ1n) is 10.3. The second-order valence-corrected chi connectivity index (χ2v) is 9.27. The molecule has 2 amide bonds. The Morgan fingerprint density at radius 1 is 1.03 bits per heavy atom. The maximum absolute atomic E-state index is 13.3. The molecule has 0 heterocycles. The molecule has 0 unspecified atom stereocenters. The molecule has 2 aromatic carbocycles. The molecule has 0 aromatic heterocycles. The van der Waals surface area contributed by atoms with Crippen molar-refractivity contribution in [3.05, 3.63) is 65.7 Å². The van der Waals surface area contributed by atoms with E-state index in [1.807, 2.05) is 49.4 Å². The van der Waals surface area contributed by atoms with E-state index in [0.29, 0.717) is 25.1 Å². The number of hydrogen-bond donors (Lipinski definition) is 1. The Balaban J connectivity index is 2.33. The molecular weight excluding hydrogens is 414 g/mol. The Bertz CT molecular complexity index is 993. The van der Waals surface area contributed by atoms with Crippen LogP contribution in [0.1, 0.15) is 25.0 Å². The molecule has 31 heavy (non-hydrogen) atoms. The Kier molecular flexibility index (Phi) is 8.62. The van der Waals surface area contributed by atoms with Gasteiger partial charge in [0.15, 0.2) is 0 Å². The highest BCUT2D eigenvalue weighted by Crippen LogP contribution is 2.23. The highest BCUT2D eigenvalue weighted by atomic mass is 32.2. The maximum atomic E-state index is 13.3. The Labute approximate surface area is 185 Å². The fourth-order valence-corrected chi connectivity index (χ4v) is 4.31. The van der Waals surface area contributed by atoms with Gasteiger partial charge >= 0.3 is 0 Å². The van der Waals surface area contributed by atoms with Crippen molar-refractivity contribution in [2.24, 2.45) is 0 Å². The number of nitrogens with zero attached hydrogens (tertiary/aromatic N) is 2. The molecule has 0 spiro atoms. The molecular formula is C23H31N3O4S. The monoisotopic (exact) mass is 445 g/mol. The summed E-state index contributed by atoms with van der Waals surface area (Å²) in [5.74, 6) is -0.732. The van der Waals surface area contributed by atoms with E-state index >= 15 is 0 Å².